The van der Waals surface area contributed by atoms with Gasteiger partial charge in [-0.05, 0) is 0 Å². The Morgan fingerprint density at radius 1 is 1.26 bits per heavy atom. The van der Waals surface area contributed by atoms with Crippen LogP contribution < -0.4 is 14.8 Å². The number of nitrogens with one attached hydrogen (secondary N) is 1. The van der Waals surface area contributed by atoms with Gasteiger partial charge in [-0.1, -0.05) is 0 Å². The summed E-state index contributed by atoms with van der Waals surface area (Å²) in [5.41, 5.74) is 0.491. The van der Waals surface area contributed by atoms with Gasteiger partial charge in [0.2, 0.25) is 11.8 Å². The number of hydrogen-bond acceptors (Lipinski definition) is 6. The van der Waals surface area contributed by atoms with Gasteiger partial charge in [0, 0.05) is 12.3 Å². The number of pyridine rings is 1. The fourth-order valence-corrected chi connectivity index (χ4v) is 1.90. The summed E-state index contributed by atoms with van der Waals surface area (Å²) in [6.07, 6.45) is 1.55. The van der Waals surface area contributed by atoms with Crippen molar-refractivity contribution < 1.29 is 19.1 Å². The number of amides is 2. The number of aromatic nitrogens is 1. The highest BCUT2D eigenvalue weighted by Crippen LogP contribution is 2.29. The zero-order valence-electron chi connectivity index (χ0n) is 10.8. The molecule has 0 spiro atoms. The molecule has 1 N–H and O–H groups in total. The molecule has 2 heterocycles. The van der Waals surface area contributed by atoms with E-state index in [1.54, 1.807) is 12.3 Å². The number of piperazine rings is 1. The molecule has 0 saturated carbocycles. The number of ether oxygens (including phenoxy) is 2. The molecule has 0 unspecified atom stereocenters. The van der Waals surface area contributed by atoms with Gasteiger partial charge in [-0.2, -0.15) is 0 Å². The molecule has 1 aliphatic rings. The molecule has 19 heavy (non-hydrogen) atoms. The number of carbonyl (C=O) groups is 2. The van der Waals surface area contributed by atoms with Crippen molar-refractivity contribution in [1.29, 1.82) is 0 Å². The summed E-state index contributed by atoms with van der Waals surface area (Å²) in [6, 6.07) is 1.66. The van der Waals surface area contributed by atoms with Gasteiger partial charge in [0.05, 0.1) is 33.9 Å². The van der Waals surface area contributed by atoms with E-state index < -0.39 is 0 Å². The molecule has 0 radical (unpaired) electrons. The first kappa shape index (κ1) is 13.3. The topological polar surface area (TPSA) is 80.8 Å². The summed E-state index contributed by atoms with van der Waals surface area (Å²) in [7, 11) is 3.01. The molecular formula is C12H15N3O4. The van der Waals surface area contributed by atoms with E-state index in [2.05, 4.69) is 10.3 Å². The Morgan fingerprint density at radius 3 is 2.53 bits per heavy atom. The molecule has 1 aliphatic heterocycles. The molecule has 0 aromatic carbocycles. The third-order valence-corrected chi connectivity index (χ3v) is 2.83. The van der Waals surface area contributed by atoms with Gasteiger partial charge in [0.25, 0.3) is 0 Å². The molecular weight excluding hydrogens is 250 g/mol. The summed E-state index contributed by atoms with van der Waals surface area (Å²) in [6.45, 7) is 0.385. The van der Waals surface area contributed by atoms with Crippen molar-refractivity contribution in [2.24, 2.45) is 0 Å². The Morgan fingerprint density at radius 2 is 1.95 bits per heavy atom. The largest absolute Gasteiger partial charge is 0.493 e. The zero-order valence-corrected chi connectivity index (χ0v) is 10.8. The average molecular weight is 265 g/mol. The van der Waals surface area contributed by atoms with Crippen LogP contribution in [0, 0.1) is 0 Å². The minimum absolute atomic E-state index is 0.0831. The van der Waals surface area contributed by atoms with Crippen LogP contribution in [0.2, 0.25) is 0 Å². The van der Waals surface area contributed by atoms with Gasteiger partial charge in [0.15, 0.2) is 11.5 Å². The fraction of sp³-hybridized carbons (Fsp3) is 0.417. The van der Waals surface area contributed by atoms with Gasteiger partial charge in [-0.15, -0.1) is 0 Å². The van der Waals surface area contributed by atoms with Crippen LogP contribution >= 0.6 is 0 Å². The van der Waals surface area contributed by atoms with Crippen molar-refractivity contribution in [2.45, 2.75) is 6.54 Å². The summed E-state index contributed by atoms with van der Waals surface area (Å²) >= 11 is 0. The number of hydrogen-bond donors (Lipinski definition) is 1. The molecule has 1 fully saturated rings. The lowest BCUT2D eigenvalue weighted by Crippen LogP contribution is -2.51. The van der Waals surface area contributed by atoms with E-state index in [9.17, 15) is 9.59 Å². The highest BCUT2D eigenvalue weighted by Gasteiger charge is 2.27. The van der Waals surface area contributed by atoms with Crippen molar-refractivity contribution in [3.05, 3.63) is 18.0 Å². The summed E-state index contributed by atoms with van der Waals surface area (Å²) in [5, 5.41) is 2.73. The molecule has 1 aromatic rings. The lowest BCUT2D eigenvalue weighted by atomic mass is 10.2. The Kier molecular flexibility index (Phi) is 3.96. The molecule has 7 heteroatoms. The summed E-state index contributed by atoms with van der Waals surface area (Å²) in [5.74, 6) is 0.400. The standard InChI is InChI=1S/C12H15N3O4/c1-18-9-3-4-14-8(12(9)19-2)7-15-10(16)5-13-6-11(15)17/h3-4,13H,5-7H2,1-2H3. The summed E-state index contributed by atoms with van der Waals surface area (Å²) < 4.78 is 10.4. The van der Waals surface area contributed by atoms with E-state index in [1.807, 2.05) is 0 Å². The van der Waals surface area contributed by atoms with Crippen molar-refractivity contribution in [2.75, 3.05) is 27.3 Å². The maximum absolute atomic E-state index is 11.7. The number of methoxy groups -OCH3 is 2. The molecule has 102 valence electrons. The molecule has 1 aromatic heterocycles. The maximum Gasteiger partial charge on any atom is 0.243 e. The molecule has 0 bridgehead atoms. The van der Waals surface area contributed by atoms with Gasteiger partial charge < -0.3 is 9.47 Å². The lowest BCUT2D eigenvalue weighted by Gasteiger charge is -2.25. The van der Waals surface area contributed by atoms with Crippen LogP contribution in [0.5, 0.6) is 11.5 Å². The predicted molar refractivity (Wildman–Crippen MR) is 65.8 cm³/mol. The Bertz CT molecular complexity index is 488. The fourth-order valence-electron chi connectivity index (χ4n) is 1.90. The van der Waals surface area contributed by atoms with Crippen LogP contribution in [0.3, 0.4) is 0 Å². The Balaban J connectivity index is 2.27. The van der Waals surface area contributed by atoms with Crippen LogP contribution in [0.4, 0.5) is 0 Å². The van der Waals surface area contributed by atoms with Crippen LogP contribution in [-0.4, -0.2) is 49.0 Å². The van der Waals surface area contributed by atoms with Crippen LogP contribution in [-0.2, 0) is 16.1 Å². The predicted octanol–water partition coefficient (Wildman–Crippen LogP) is -0.443. The van der Waals surface area contributed by atoms with Crippen LogP contribution in [0.25, 0.3) is 0 Å². The minimum Gasteiger partial charge on any atom is -0.493 e. The Hall–Kier alpha value is -2.15. The lowest BCUT2D eigenvalue weighted by molar-refractivity contribution is -0.147. The smallest absolute Gasteiger partial charge is 0.243 e. The number of rotatable bonds is 4. The second-order valence-corrected chi connectivity index (χ2v) is 3.97. The van der Waals surface area contributed by atoms with E-state index in [-0.39, 0.29) is 31.4 Å². The number of carbonyl (C=O) groups excluding carboxylic acids is 2. The van der Waals surface area contributed by atoms with Gasteiger partial charge in [-0.3, -0.25) is 24.8 Å². The number of imide groups is 1. The van der Waals surface area contributed by atoms with E-state index in [0.29, 0.717) is 17.2 Å². The first-order valence-corrected chi connectivity index (χ1v) is 5.77. The first-order valence-electron chi connectivity index (χ1n) is 5.77. The second-order valence-electron chi connectivity index (χ2n) is 3.97. The Labute approximate surface area is 110 Å². The monoisotopic (exact) mass is 265 g/mol. The minimum atomic E-state index is -0.275. The van der Waals surface area contributed by atoms with Gasteiger partial charge in [-0.25, -0.2) is 0 Å². The number of nitrogens with zero attached hydrogens (tertiary/aromatic N) is 2. The molecule has 2 rings (SSSR count). The van der Waals surface area contributed by atoms with Crippen LogP contribution in [0.15, 0.2) is 12.3 Å². The highest BCUT2D eigenvalue weighted by atomic mass is 16.5. The van der Waals surface area contributed by atoms with Gasteiger partial charge >= 0.3 is 0 Å². The molecule has 7 nitrogen and oxygen atoms in total. The van der Waals surface area contributed by atoms with Crippen molar-refractivity contribution in [3.8, 4) is 11.5 Å². The normalized spacial score (nSPS) is 15.6. The maximum atomic E-state index is 11.7. The highest BCUT2D eigenvalue weighted by molar-refractivity contribution is 5.99. The van der Waals surface area contributed by atoms with Gasteiger partial charge in [0.1, 0.15) is 5.69 Å². The average Bonchev–Trinajstić information content (AvgIpc) is 2.42. The van der Waals surface area contributed by atoms with E-state index in [1.165, 1.54) is 19.1 Å². The first-order chi connectivity index (χ1) is 9.17. The van der Waals surface area contributed by atoms with Crippen LogP contribution in [0.1, 0.15) is 5.69 Å². The van der Waals surface area contributed by atoms with E-state index in [0.717, 1.165) is 0 Å². The SMILES string of the molecule is COc1ccnc(CN2C(=O)CNCC2=O)c1OC. The van der Waals surface area contributed by atoms with Crippen molar-refractivity contribution >= 4 is 11.8 Å². The second kappa shape index (κ2) is 5.66. The van der Waals surface area contributed by atoms with E-state index >= 15 is 0 Å². The molecule has 2 amide bonds. The van der Waals surface area contributed by atoms with E-state index in [4.69, 9.17) is 9.47 Å². The van der Waals surface area contributed by atoms with Crippen molar-refractivity contribution in [3.63, 3.8) is 0 Å². The quantitative estimate of drug-likeness (QED) is 0.743. The third-order valence-electron chi connectivity index (χ3n) is 2.83. The molecule has 0 aliphatic carbocycles. The third kappa shape index (κ3) is 2.65. The molecule has 0 atom stereocenters. The van der Waals surface area contributed by atoms with Crippen molar-refractivity contribution in [1.82, 2.24) is 15.2 Å². The zero-order chi connectivity index (χ0) is 13.8. The summed E-state index contributed by atoms with van der Waals surface area (Å²) in [4.78, 5) is 28.7. The molecule has 1 saturated heterocycles.